The van der Waals surface area contributed by atoms with E-state index in [9.17, 15) is 4.39 Å². The predicted molar refractivity (Wildman–Crippen MR) is 96.6 cm³/mol. The van der Waals surface area contributed by atoms with Crippen LogP contribution in [0, 0.1) is 9.39 Å². The van der Waals surface area contributed by atoms with Crippen LogP contribution in [0.1, 0.15) is 49.7 Å². The van der Waals surface area contributed by atoms with E-state index in [1.807, 2.05) is 12.1 Å². The lowest BCUT2D eigenvalue weighted by molar-refractivity contribution is 0.102. The third-order valence-corrected chi connectivity index (χ3v) is 6.88. The Bertz CT molecular complexity index is 586. The Morgan fingerprint density at radius 1 is 0.636 bits per heavy atom. The Balaban J connectivity index is 1.61. The molecule has 5 rings (SSSR count). The van der Waals surface area contributed by atoms with Crippen molar-refractivity contribution in [1.82, 2.24) is 0 Å². The van der Waals surface area contributed by atoms with E-state index in [0.717, 1.165) is 0 Å². The molecule has 0 saturated heterocycles. The summed E-state index contributed by atoms with van der Waals surface area (Å²) in [7, 11) is 0. The van der Waals surface area contributed by atoms with E-state index in [0.29, 0.717) is 10.8 Å². The van der Waals surface area contributed by atoms with Crippen LogP contribution in [0.3, 0.4) is 0 Å². The standard InChI is InChI=1S/C20H20FI/c21-17-5-1-15(2-6-17)19-9-12-20(13-10-19,14-11-19)16-3-7-18(22)8-4-16/h1-8H,9-14H2. The van der Waals surface area contributed by atoms with Gasteiger partial charge in [-0.2, -0.15) is 0 Å². The molecule has 0 N–H and O–H groups in total. The van der Waals surface area contributed by atoms with Crippen LogP contribution in [0.4, 0.5) is 4.39 Å². The predicted octanol–water partition coefficient (Wildman–Crippen LogP) is 5.97. The average Bonchev–Trinajstić information content (AvgIpc) is 2.57. The largest absolute Gasteiger partial charge is 0.207 e. The van der Waals surface area contributed by atoms with Crippen LogP contribution in [0.2, 0.25) is 0 Å². The molecule has 2 heteroatoms. The van der Waals surface area contributed by atoms with Crippen molar-refractivity contribution < 1.29 is 4.39 Å². The first-order chi connectivity index (χ1) is 10.6. The van der Waals surface area contributed by atoms with Crippen LogP contribution in [-0.2, 0) is 10.8 Å². The highest BCUT2D eigenvalue weighted by Gasteiger charge is 2.49. The van der Waals surface area contributed by atoms with E-state index >= 15 is 0 Å². The molecule has 0 heterocycles. The number of benzene rings is 2. The van der Waals surface area contributed by atoms with Gasteiger partial charge < -0.3 is 0 Å². The molecule has 0 unspecified atom stereocenters. The van der Waals surface area contributed by atoms with Gasteiger partial charge in [-0.25, -0.2) is 4.39 Å². The molecule has 114 valence electrons. The Hall–Kier alpha value is -0.900. The topological polar surface area (TPSA) is 0 Å². The van der Waals surface area contributed by atoms with Gasteiger partial charge in [0.15, 0.2) is 0 Å². The third-order valence-electron chi connectivity index (χ3n) is 6.16. The Labute approximate surface area is 145 Å². The van der Waals surface area contributed by atoms with Gasteiger partial charge in [0.25, 0.3) is 0 Å². The van der Waals surface area contributed by atoms with Crippen molar-refractivity contribution >= 4 is 22.6 Å². The first-order valence-corrected chi connectivity index (χ1v) is 9.22. The average molecular weight is 406 g/mol. The summed E-state index contributed by atoms with van der Waals surface area (Å²) in [5, 5.41) is 0. The highest BCUT2D eigenvalue weighted by atomic mass is 127. The lowest BCUT2D eigenvalue weighted by Gasteiger charge is -2.54. The van der Waals surface area contributed by atoms with Crippen molar-refractivity contribution in [1.29, 1.82) is 0 Å². The van der Waals surface area contributed by atoms with Crippen LogP contribution in [0.25, 0.3) is 0 Å². The van der Waals surface area contributed by atoms with Crippen molar-refractivity contribution in [2.24, 2.45) is 0 Å². The van der Waals surface area contributed by atoms with Crippen molar-refractivity contribution in [3.63, 3.8) is 0 Å². The molecule has 0 aromatic heterocycles. The highest BCUT2D eigenvalue weighted by Crippen LogP contribution is 2.58. The summed E-state index contributed by atoms with van der Waals surface area (Å²) in [4.78, 5) is 0. The van der Waals surface area contributed by atoms with Crippen LogP contribution in [0.15, 0.2) is 48.5 Å². The Morgan fingerprint density at radius 3 is 1.41 bits per heavy atom. The number of fused-ring (bicyclic) bond motifs is 3. The number of rotatable bonds is 2. The SMILES string of the molecule is Fc1ccc(C23CCC(c4ccc(I)cc4)(CC2)CC3)cc1. The molecular formula is C20H20FI. The maximum atomic E-state index is 13.2. The van der Waals surface area contributed by atoms with Crippen LogP contribution >= 0.6 is 22.6 Å². The first kappa shape index (κ1) is 14.7. The second kappa shape index (κ2) is 5.33. The molecule has 22 heavy (non-hydrogen) atoms. The summed E-state index contributed by atoms with van der Waals surface area (Å²) in [5.74, 6) is -0.125. The van der Waals surface area contributed by atoms with E-state index in [2.05, 4.69) is 46.9 Å². The molecule has 0 atom stereocenters. The molecule has 0 aliphatic heterocycles. The van der Waals surface area contributed by atoms with Gasteiger partial charge in [0.2, 0.25) is 0 Å². The molecule has 3 fully saturated rings. The molecule has 3 aliphatic rings. The molecule has 2 aromatic rings. The van der Waals surface area contributed by atoms with Gasteiger partial charge in [-0.05, 0) is 107 Å². The zero-order valence-electron chi connectivity index (χ0n) is 12.6. The fourth-order valence-electron chi connectivity index (χ4n) is 4.66. The summed E-state index contributed by atoms with van der Waals surface area (Å²) in [6.45, 7) is 0. The molecule has 3 aliphatic carbocycles. The number of hydrogen-bond donors (Lipinski definition) is 0. The first-order valence-electron chi connectivity index (χ1n) is 8.14. The van der Waals surface area contributed by atoms with Crippen molar-refractivity contribution in [2.75, 3.05) is 0 Å². The molecule has 0 spiro atoms. The van der Waals surface area contributed by atoms with Gasteiger partial charge in [0, 0.05) is 3.57 Å². The lowest BCUT2D eigenvalue weighted by atomic mass is 9.50. The second-order valence-corrected chi connectivity index (χ2v) is 8.32. The van der Waals surface area contributed by atoms with Gasteiger partial charge in [0.1, 0.15) is 5.82 Å². The Morgan fingerprint density at radius 2 is 1.00 bits per heavy atom. The zero-order chi connectivity index (χ0) is 15.2. The minimum absolute atomic E-state index is 0.125. The van der Waals surface area contributed by atoms with Gasteiger partial charge in [-0.3, -0.25) is 0 Å². The maximum Gasteiger partial charge on any atom is 0.123 e. The normalized spacial score (nSPS) is 30.5. The number of hydrogen-bond acceptors (Lipinski definition) is 0. The van der Waals surface area contributed by atoms with E-state index in [1.165, 1.54) is 53.2 Å². The monoisotopic (exact) mass is 406 g/mol. The summed E-state index contributed by atoms with van der Waals surface area (Å²) >= 11 is 2.38. The van der Waals surface area contributed by atoms with Crippen molar-refractivity contribution in [2.45, 2.75) is 49.4 Å². The van der Waals surface area contributed by atoms with Gasteiger partial charge in [-0.1, -0.05) is 24.3 Å². The Kier molecular flexibility index (Phi) is 3.55. The molecule has 0 radical (unpaired) electrons. The molecule has 0 nitrogen and oxygen atoms in total. The zero-order valence-corrected chi connectivity index (χ0v) is 14.8. The summed E-state index contributed by atoms with van der Waals surface area (Å²) in [6, 6.07) is 16.4. The third kappa shape index (κ3) is 2.31. The quantitative estimate of drug-likeness (QED) is 0.539. The minimum atomic E-state index is -0.125. The molecular weight excluding hydrogens is 386 g/mol. The van der Waals surface area contributed by atoms with E-state index < -0.39 is 0 Å². The second-order valence-electron chi connectivity index (χ2n) is 7.07. The van der Waals surface area contributed by atoms with E-state index in [4.69, 9.17) is 0 Å². The molecule has 0 amide bonds. The fraction of sp³-hybridized carbons (Fsp3) is 0.400. The number of halogens is 2. The summed E-state index contributed by atoms with van der Waals surface area (Å²) in [6.07, 6.45) is 7.53. The fourth-order valence-corrected chi connectivity index (χ4v) is 5.02. The minimum Gasteiger partial charge on any atom is -0.207 e. The molecule has 2 bridgehead atoms. The van der Waals surface area contributed by atoms with Crippen LogP contribution in [-0.4, -0.2) is 0 Å². The van der Waals surface area contributed by atoms with Gasteiger partial charge >= 0.3 is 0 Å². The van der Waals surface area contributed by atoms with Crippen molar-refractivity contribution in [3.05, 3.63) is 69.0 Å². The molecule has 2 aromatic carbocycles. The van der Waals surface area contributed by atoms with Crippen LogP contribution < -0.4 is 0 Å². The summed E-state index contributed by atoms with van der Waals surface area (Å²) < 4.78 is 14.5. The van der Waals surface area contributed by atoms with Gasteiger partial charge in [0.05, 0.1) is 0 Å². The van der Waals surface area contributed by atoms with Crippen LogP contribution in [0.5, 0.6) is 0 Å². The van der Waals surface area contributed by atoms with E-state index in [1.54, 1.807) is 12.1 Å². The lowest BCUT2D eigenvalue weighted by Crippen LogP contribution is -2.46. The summed E-state index contributed by atoms with van der Waals surface area (Å²) in [5.41, 5.74) is 3.58. The molecule has 3 saturated carbocycles. The van der Waals surface area contributed by atoms with Crippen molar-refractivity contribution in [3.8, 4) is 0 Å². The van der Waals surface area contributed by atoms with Gasteiger partial charge in [-0.15, -0.1) is 0 Å². The van der Waals surface area contributed by atoms with E-state index in [-0.39, 0.29) is 5.82 Å². The smallest absolute Gasteiger partial charge is 0.123 e. The highest BCUT2D eigenvalue weighted by molar-refractivity contribution is 14.1. The maximum absolute atomic E-state index is 13.2.